The first-order valence-electron chi connectivity index (χ1n) is 6.29. The van der Waals surface area contributed by atoms with Gasteiger partial charge in [0.15, 0.2) is 0 Å². The maximum absolute atomic E-state index is 5.64. The maximum atomic E-state index is 5.64. The van der Waals surface area contributed by atoms with Crippen molar-refractivity contribution in [1.29, 1.82) is 0 Å². The predicted molar refractivity (Wildman–Crippen MR) is 67.3 cm³/mol. The molecule has 0 radical (unpaired) electrons. The number of hydrogen-bond donors (Lipinski definition) is 2. The van der Waals surface area contributed by atoms with E-state index in [9.17, 15) is 0 Å². The number of hydrogen-bond acceptors (Lipinski definition) is 5. The summed E-state index contributed by atoms with van der Waals surface area (Å²) in [5, 5.41) is 6.49. The van der Waals surface area contributed by atoms with E-state index in [1.807, 2.05) is 13.0 Å². The summed E-state index contributed by atoms with van der Waals surface area (Å²) in [6.07, 6.45) is 4.07. The fraction of sp³-hybridized carbons (Fsp3) is 0.667. The number of rotatable bonds is 5. The number of ether oxygens (including phenoxy) is 1. The lowest BCUT2D eigenvalue weighted by atomic mass is 9.99. The first-order valence-corrected chi connectivity index (χ1v) is 6.29. The van der Waals surface area contributed by atoms with E-state index in [0.717, 1.165) is 32.1 Å². The largest absolute Gasteiger partial charge is 0.463 e. The normalized spacial score (nSPS) is 16.8. The van der Waals surface area contributed by atoms with E-state index in [1.165, 1.54) is 12.8 Å². The van der Waals surface area contributed by atoms with Gasteiger partial charge in [-0.25, -0.2) is 4.98 Å². The van der Waals surface area contributed by atoms with Crippen LogP contribution in [0.5, 0.6) is 6.01 Å². The molecule has 2 heterocycles. The van der Waals surface area contributed by atoms with Gasteiger partial charge in [0.25, 0.3) is 0 Å². The third kappa shape index (κ3) is 3.85. The predicted octanol–water partition coefficient (Wildman–Crippen LogP) is 1.29. The minimum absolute atomic E-state index is 0.474. The fourth-order valence-electron chi connectivity index (χ4n) is 1.93. The molecule has 0 aromatic carbocycles. The van der Waals surface area contributed by atoms with Crippen molar-refractivity contribution in [2.45, 2.75) is 19.8 Å². The van der Waals surface area contributed by atoms with Crippen molar-refractivity contribution in [2.75, 3.05) is 31.6 Å². The van der Waals surface area contributed by atoms with Gasteiger partial charge in [-0.1, -0.05) is 0 Å². The lowest BCUT2D eigenvalue weighted by Crippen LogP contribution is -2.30. The molecule has 0 unspecified atom stereocenters. The van der Waals surface area contributed by atoms with E-state index in [4.69, 9.17) is 4.74 Å². The molecule has 1 aliphatic rings. The third-order valence-electron chi connectivity index (χ3n) is 2.90. The molecule has 5 heteroatoms. The zero-order chi connectivity index (χ0) is 11.9. The van der Waals surface area contributed by atoms with Gasteiger partial charge in [-0.3, -0.25) is 0 Å². The number of anilines is 1. The van der Waals surface area contributed by atoms with Crippen molar-refractivity contribution in [3.8, 4) is 6.01 Å². The van der Waals surface area contributed by atoms with Crippen LogP contribution in [0.3, 0.4) is 0 Å². The topological polar surface area (TPSA) is 59.1 Å². The summed E-state index contributed by atoms with van der Waals surface area (Å²) in [5.74, 6) is 1.45. The molecule has 1 aliphatic heterocycles. The summed E-state index contributed by atoms with van der Waals surface area (Å²) in [6, 6.07) is 2.32. The number of nitrogens with zero attached hydrogens (tertiary/aromatic N) is 2. The minimum atomic E-state index is 0.474. The second kappa shape index (κ2) is 6.39. The molecule has 1 aromatic heterocycles. The molecular formula is C12H20N4O. The van der Waals surface area contributed by atoms with Crippen molar-refractivity contribution in [3.05, 3.63) is 12.3 Å². The van der Waals surface area contributed by atoms with Gasteiger partial charge < -0.3 is 15.4 Å². The van der Waals surface area contributed by atoms with Gasteiger partial charge >= 0.3 is 6.01 Å². The summed E-state index contributed by atoms with van der Waals surface area (Å²) < 4.78 is 5.64. The molecule has 1 saturated heterocycles. The SMILES string of the molecule is CCNc1ccnc(OCC2CCNCC2)n1. The molecule has 2 N–H and O–H groups in total. The molecule has 0 bridgehead atoms. The molecule has 2 rings (SSSR count). The molecule has 0 saturated carbocycles. The Morgan fingerprint density at radius 2 is 2.29 bits per heavy atom. The molecule has 0 amide bonds. The highest BCUT2D eigenvalue weighted by molar-refractivity contribution is 5.33. The van der Waals surface area contributed by atoms with Crippen molar-refractivity contribution in [2.24, 2.45) is 5.92 Å². The maximum Gasteiger partial charge on any atom is 0.318 e. The third-order valence-corrected chi connectivity index (χ3v) is 2.90. The van der Waals surface area contributed by atoms with Crippen LogP contribution >= 0.6 is 0 Å². The van der Waals surface area contributed by atoms with Gasteiger partial charge in [0, 0.05) is 12.7 Å². The summed E-state index contributed by atoms with van der Waals surface area (Å²) in [5.41, 5.74) is 0. The lowest BCUT2D eigenvalue weighted by Gasteiger charge is -2.22. The number of nitrogens with one attached hydrogen (secondary N) is 2. The Balaban J connectivity index is 1.83. The lowest BCUT2D eigenvalue weighted by molar-refractivity contribution is 0.202. The van der Waals surface area contributed by atoms with E-state index in [0.29, 0.717) is 11.9 Å². The van der Waals surface area contributed by atoms with Crippen molar-refractivity contribution in [1.82, 2.24) is 15.3 Å². The van der Waals surface area contributed by atoms with Crippen LogP contribution in [0, 0.1) is 5.92 Å². The Bertz CT molecular complexity index is 339. The average molecular weight is 236 g/mol. The Labute approximate surface area is 102 Å². The standard InChI is InChI=1S/C12H20N4O/c1-2-14-11-5-8-15-12(16-11)17-9-10-3-6-13-7-4-10/h5,8,10,13H,2-4,6-7,9H2,1H3,(H,14,15,16). The smallest absolute Gasteiger partial charge is 0.318 e. The van der Waals surface area contributed by atoms with Crippen LogP contribution in [0.1, 0.15) is 19.8 Å². The van der Waals surface area contributed by atoms with Crippen LogP contribution in [-0.2, 0) is 0 Å². The summed E-state index contributed by atoms with van der Waals surface area (Å²) in [7, 11) is 0. The van der Waals surface area contributed by atoms with E-state index >= 15 is 0 Å². The first kappa shape index (κ1) is 12.1. The summed E-state index contributed by atoms with van der Waals surface area (Å²) >= 11 is 0. The zero-order valence-electron chi connectivity index (χ0n) is 10.3. The van der Waals surface area contributed by atoms with Crippen LogP contribution in [0.15, 0.2) is 12.3 Å². The minimum Gasteiger partial charge on any atom is -0.463 e. The highest BCUT2D eigenvalue weighted by Gasteiger charge is 2.14. The monoisotopic (exact) mass is 236 g/mol. The van der Waals surface area contributed by atoms with Gasteiger partial charge in [0.1, 0.15) is 5.82 Å². The fourth-order valence-corrected chi connectivity index (χ4v) is 1.93. The van der Waals surface area contributed by atoms with Gasteiger partial charge in [-0.2, -0.15) is 4.98 Å². The Hall–Kier alpha value is -1.36. The number of aromatic nitrogens is 2. The summed E-state index contributed by atoms with van der Waals surface area (Å²) in [6.45, 7) is 5.79. The van der Waals surface area contributed by atoms with Gasteiger partial charge in [-0.15, -0.1) is 0 Å². The van der Waals surface area contributed by atoms with Crippen LogP contribution < -0.4 is 15.4 Å². The van der Waals surface area contributed by atoms with Crippen molar-refractivity contribution < 1.29 is 4.74 Å². The molecule has 5 nitrogen and oxygen atoms in total. The van der Waals surface area contributed by atoms with E-state index in [-0.39, 0.29) is 0 Å². The average Bonchev–Trinajstić information content (AvgIpc) is 2.39. The Kier molecular flexibility index (Phi) is 4.55. The first-order chi connectivity index (χ1) is 8.38. The van der Waals surface area contributed by atoms with E-state index < -0.39 is 0 Å². The van der Waals surface area contributed by atoms with Gasteiger partial charge in [0.05, 0.1) is 6.61 Å². The van der Waals surface area contributed by atoms with E-state index in [1.54, 1.807) is 6.20 Å². The molecular weight excluding hydrogens is 216 g/mol. The number of piperidine rings is 1. The van der Waals surface area contributed by atoms with Crippen LogP contribution in [0.4, 0.5) is 5.82 Å². The van der Waals surface area contributed by atoms with Gasteiger partial charge in [0.2, 0.25) is 0 Å². The second-order valence-electron chi connectivity index (χ2n) is 4.26. The van der Waals surface area contributed by atoms with Crippen LogP contribution in [0.2, 0.25) is 0 Å². The molecule has 94 valence electrons. The molecule has 1 aromatic rings. The van der Waals surface area contributed by atoms with Crippen LogP contribution in [0.25, 0.3) is 0 Å². The van der Waals surface area contributed by atoms with Crippen molar-refractivity contribution in [3.63, 3.8) is 0 Å². The quantitative estimate of drug-likeness (QED) is 0.806. The Morgan fingerprint density at radius 3 is 3.06 bits per heavy atom. The highest BCUT2D eigenvalue weighted by Crippen LogP contribution is 2.14. The molecule has 1 fully saturated rings. The molecule has 0 aliphatic carbocycles. The second-order valence-corrected chi connectivity index (χ2v) is 4.26. The molecule has 0 atom stereocenters. The molecule has 0 spiro atoms. The Morgan fingerprint density at radius 1 is 1.47 bits per heavy atom. The van der Waals surface area contributed by atoms with E-state index in [2.05, 4.69) is 20.6 Å². The van der Waals surface area contributed by atoms with Crippen molar-refractivity contribution >= 4 is 5.82 Å². The highest BCUT2D eigenvalue weighted by atomic mass is 16.5. The van der Waals surface area contributed by atoms with Gasteiger partial charge in [-0.05, 0) is 44.8 Å². The van der Waals surface area contributed by atoms with Crippen LogP contribution in [-0.4, -0.2) is 36.2 Å². The summed E-state index contributed by atoms with van der Waals surface area (Å²) in [4.78, 5) is 8.40. The zero-order valence-corrected chi connectivity index (χ0v) is 10.3. The molecule has 17 heavy (non-hydrogen) atoms.